The van der Waals surface area contributed by atoms with Crippen molar-refractivity contribution < 1.29 is 19.1 Å². The Morgan fingerprint density at radius 3 is 2.65 bits per heavy atom. The summed E-state index contributed by atoms with van der Waals surface area (Å²) in [7, 11) is 0. The van der Waals surface area contributed by atoms with E-state index in [4.69, 9.17) is 9.47 Å². The Bertz CT molecular complexity index is 725. The average Bonchev–Trinajstić information content (AvgIpc) is 3.11. The van der Waals surface area contributed by atoms with Crippen LogP contribution >= 0.6 is 11.3 Å². The first kappa shape index (κ1) is 20.0. The van der Waals surface area contributed by atoms with E-state index in [2.05, 4.69) is 19.2 Å². The molecule has 5 nitrogen and oxygen atoms in total. The van der Waals surface area contributed by atoms with E-state index < -0.39 is 5.97 Å². The van der Waals surface area contributed by atoms with Crippen LogP contribution in [0.4, 0.5) is 0 Å². The van der Waals surface area contributed by atoms with E-state index in [1.165, 1.54) is 10.4 Å². The number of thiophene rings is 1. The smallest absolute Gasteiger partial charge is 0.344 e. The first-order chi connectivity index (χ1) is 12.5. The van der Waals surface area contributed by atoms with Gasteiger partial charge in [0.25, 0.3) is 5.91 Å². The molecule has 1 amide bonds. The number of nitrogens with one attached hydrogen (secondary N) is 1. The quantitative estimate of drug-likeness (QED) is 0.682. The summed E-state index contributed by atoms with van der Waals surface area (Å²) in [6.45, 7) is 6.29. The number of hydrogen-bond donors (Lipinski definition) is 1. The average molecular weight is 375 g/mol. The van der Waals surface area contributed by atoms with Crippen LogP contribution in [0.5, 0.6) is 5.75 Å². The molecule has 0 atom stereocenters. The van der Waals surface area contributed by atoms with Crippen LogP contribution < -0.4 is 10.1 Å². The standard InChI is InChI=1S/C20H25NO4S/c1-14(2)18-7-6-16(11-15(18)3)24-13-20(23)25-12-19(22)21-9-8-17-5-4-10-26-17/h4-7,10-11,14H,8-9,12-13H2,1-3H3,(H,21,22). The van der Waals surface area contributed by atoms with Gasteiger partial charge < -0.3 is 14.8 Å². The van der Waals surface area contributed by atoms with Gasteiger partial charge in [0.05, 0.1) is 0 Å². The van der Waals surface area contributed by atoms with E-state index in [1.807, 2.05) is 42.6 Å². The molecule has 0 aliphatic heterocycles. The molecule has 2 rings (SSSR count). The fraction of sp³-hybridized carbons (Fsp3) is 0.400. The van der Waals surface area contributed by atoms with Crippen LogP contribution in [0.2, 0.25) is 0 Å². The Morgan fingerprint density at radius 1 is 1.19 bits per heavy atom. The van der Waals surface area contributed by atoms with Crippen LogP contribution in [0.15, 0.2) is 35.7 Å². The number of ether oxygens (including phenoxy) is 2. The van der Waals surface area contributed by atoms with Crippen LogP contribution in [0, 0.1) is 6.92 Å². The lowest BCUT2D eigenvalue weighted by molar-refractivity contribution is -0.150. The number of rotatable bonds is 9. The van der Waals surface area contributed by atoms with Gasteiger partial charge in [-0.2, -0.15) is 0 Å². The van der Waals surface area contributed by atoms with Crippen LogP contribution in [0.3, 0.4) is 0 Å². The Labute approximate surface area is 158 Å². The van der Waals surface area contributed by atoms with Gasteiger partial charge >= 0.3 is 5.97 Å². The predicted molar refractivity (Wildman–Crippen MR) is 103 cm³/mol. The Kier molecular flexibility index (Phi) is 7.66. The van der Waals surface area contributed by atoms with Crippen LogP contribution in [0.25, 0.3) is 0 Å². The molecule has 1 aromatic carbocycles. The highest BCUT2D eigenvalue weighted by molar-refractivity contribution is 7.09. The first-order valence-corrected chi connectivity index (χ1v) is 9.51. The SMILES string of the molecule is Cc1cc(OCC(=O)OCC(=O)NCCc2cccs2)ccc1C(C)C. The summed E-state index contributed by atoms with van der Waals surface area (Å²) in [6, 6.07) is 9.74. The Balaban J connectivity index is 1.65. The molecular weight excluding hydrogens is 350 g/mol. The number of carbonyl (C=O) groups is 2. The number of carbonyl (C=O) groups excluding carboxylic acids is 2. The second-order valence-corrected chi connectivity index (χ2v) is 7.33. The zero-order chi connectivity index (χ0) is 18.9. The molecule has 1 heterocycles. The van der Waals surface area contributed by atoms with Gasteiger partial charge in [0.15, 0.2) is 13.2 Å². The summed E-state index contributed by atoms with van der Waals surface area (Å²) < 4.78 is 10.4. The lowest BCUT2D eigenvalue weighted by atomic mass is 9.98. The first-order valence-electron chi connectivity index (χ1n) is 8.63. The fourth-order valence-corrected chi connectivity index (χ4v) is 3.26. The molecule has 26 heavy (non-hydrogen) atoms. The molecule has 0 saturated heterocycles. The summed E-state index contributed by atoms with van der Waals surface area (Å²) in [5, 5.41) is 4.72. The number of benzene rings is 1. The molecule has 0 aliphatic carbocycles. The molecule has 140 valence electrons. The normalized spacial score (nSPS) is 10.6. The van der Waals surface area contributed by atoms with Crippen molar-refractivity contribution in [2.45, 2.75) is 33.1 Å². The van der Waals surface area contributed by atoms with Gasteiger partial charge in [-0.1, -0.05) is 26.0 Å². The van der Waals surface area contributed by atoms with Crippen molar-refractivity contribution in [3.05, 3.63) is 51.7 Å². The summed E-state index contributed by atoms with van der Waals surface area (Å²) in [4.78, 5) is 24.6. The minimum Gasteiger partial charge on any atom is -0.482 e. The maximum Gasteiger partial charge on any atom is 0.344 e. The molecule has 0 radical (unpaired) electrons. The topological polar surface area (TPSA) is 64.6 Å². The summed E-state index contributed by atoms with van der Waals surface area (Å²) >= 11 is 1.65. The van der Waals surface area contributed by atoms with Crippen LogP contribution in [0.1, 0.15) is 35.8 Å². The lowest BCUT2D eigenvalue weighted by Crippen LogP contribution is -2.31. The number of hydrogen-bond acceptors (Lipinski definition) is 5. The minimum absolute atomic E-state index is 0.219. The van der Waals surface area contributed by atoms with Gasteiger partial charge in [-0.3, -0.25) is 4.79 Å². The lowest BCUT2D eigenvalue weighted by Gasteiger charge is -2.12. The van der Waals surface area contributed by atoms with E-state index >= 15 is 0 Å². The Morgan fingerprint density at radius 2 is 2.00 bits per heavy atom. The van der Waals surface area contributed by atoms with Crippen LogP contribution in [-0.4, -0.2) is 31.6 Å². The van der Waals surface area contributed by atoms with Gasteiger partial charge in [-0.05, 0) is 54.0 Å². The molecule has 0 unspecified atom stereocenters. The predicted octanol–water partition coefficient (Wildman–Crippen LogP) is 3.46. The van der Waals surface area contributed by atoms with Gasteiger partial charge in [0.1, 0.15) is 5.75 Å². The maximum atomic E-state index is 11.7. The van der Waals surface area contributed by atoms with Gasteiger partial charge in [0.2, 0.25) is 0 Å². The Hall–Kier alpha value is -2.34. The molecule has 0 fully saturated rings. The highest BCUT2D eigenvalue weighted by atomic mass is 32.1. The zero-order valence-corrected chi connectivity index (χ0v) is 16.2. The highest BCUT2D eigenvalue weighted by Crippen LogP contribution is 2.23. The van der Waals surface area contributed by atoms with Crippen molar-refractivity contribution >= 4 is 23.2 Å². The zero-order valence-electron chi connectivity index (χ0n) is 15.4. The molecular formula is C20H25NO4S. The summed E-state index contributed by atoms with van der Waals surface area (Å²) in [5.74, 6) is 0.174. The highest BCUT2D eigenvalue weighted by Gasteiger charge is 2.10. The fourth-order valence-electron chi connectivity index (χ4n) is 2.55. The molecule has 6 heteroatoms. The molecule has 0 saturated carbocycles. The van der Waals surface area contributed by atoms with Gasteiger partial charge in [-0.25, -0.2) is 4.79 Å². The van der Waals surface area contributed by atoms with E-state index in [-0.39, 0.29) is 19.1 Å². The van der Waals surface area contributed by atoms with E-state index in [0.717, 1.165) is 12.0 Å². The summed E-state index contributed by atoms with van der Waals surface area (Å²) in [6.07, 6.45) is 0.770. The largest absolute Gasteiger partial charge is 0.482 e. The van der Waals surface area contributed by atoms with Crippen molar-refractivity contribution in [2.75, 3.05) is 19.8 Å². The van der Waals surface area contributed by atoms with Crippen molar-refractivity contribution in [2.24, 2.45) is 0 Å². The van der Waals surface area contributed by atoms with Crippen molar-refractivity contribution in [1.29, 1.82) is 0 Å². The maximum absolute atomic E-state index is 11.7. The third-order valence-electron chi connectivity index (χ3n) is 3.86. The minimum atomic E-state index is -0.566. The molecule has 1 N–H and O–H groups in total. The third-order valence-corrected chi connectivity index (χ3v) is 4.79. The van der Waals surface area contributed by atoms with Crippen molar-refractivity contribution in [3.63, 3.8) is 0 Å². The molecule has 1 aromatic heterocycles. The molecule has 0 spiro atoms. The van der Waals surface area contributed by atoms with E-state index in [0.29, 0.717) is 18.2 Å². The van der Waals surface area contributed by atoms with E-state index in [9.17, 15) is 9.59 Å². The number of esters is 1. The van der Waals surface area contributed by atoms with E-state index in [1.54, 1.807) is 11.3 Å². The molecule has 2 aromatic rings. The van der Waals surface area contributed by atoms with Gasteiger partial charge in [-0.15, -0.1) is 11.3 Å². The summed E-state index contributed by atoms with van der Waals surface area (Å²) in [5.41, 5.74) is 2.37. The molecule has 0 aliphatic rings. The van der Waals surface area contributed by atoms with Crippen molar-refractivity contribution in [3.8, 4) is 5.75 Å². The second-order valence-electron chi connectivity index (χ2n) is 6.30. The van der Waals surface area contributed by atoms with Crippen LogP contribution in [-0.2, 0) is 20.7 Å². The van der Waals surface area contributed by atoms with Gasteiger partial charge in [0, 0.05) is 11.4 Å². The number of aryl methyl sites for hydroxylation is 1. The second kappa shape index (κ2) is 9.97. The van der Waals surface area contributed by atoms with Crippen molar-refractivity contribution in [1.82, 2.24) is 5.32 Å². The number of amides is 1. The molecule has 0 bridgehead atoms. The third kappa shape index (κ3) is 6.52. The monoisotopic (exact) mass is 375 g/mol.